The number of halogens is 1. The lowest BCUT2D eigenvalue weighted by Gasteiger charge is -2.08. The van der Waals surface area contributed by atoms with Crippen molar-refractivity contribution in [2.24, 2.45) is 0 Å². The number of methoxy groups -OCH3 is 1. The number of ether oxygens (including phenoxy) is 1. The maximum Gasteiger partial charge on any atom is 0.199 e. The van der Waals surface area contributed by atoms with E-state index in [9.17, 15) is 4.79 Å². The van der Waals surface area contributed by atoms with Gasteiger partial charge in [-0.3, -0.25) is 4.79 Å². The van der Waals surface area contributed by atoms with Crippen LogP contribution in [0.15, 0.2) is 47.1 Å². The number of anilines is 1. The number of fused-ring (bicyclic) bond motifs is 1. The van der Waals surface area contributed by atoms with Crippen LogP contribution in [0.2, 0.25) is 0 Å². The molecule has 1 aromatic heterocycles. The number of rotatable bonds is 3. The van der Waals surface area contributed by atoms with Crippen molar-refractivity contribution in [1.29, 1.82) is 0 Å². The molecular formula is C16H13BrN2O2. The molecule has 3 aromatic rings. The Balaban J connectivity index is 2.20. The van der Waals surface area contributed by atoms with E-state index in [1.165, 1.54) is 7.11 Å². The monoisotopic (exact) mass is 344 g/mol. The normalized spacial score (nSPS) is 10.8. The van der Waals surface area contributed by atoms with Crippen LogP contribution in [0.5, 0.6) is 5.75 Å². The van der Waals surface area contributed by atoms with Crippen molar-refractivity contribution in [3.63, 3.8) is 0 Å². The first-order valence-corrected chi connectivity index (χ1v) is 7.15. The van der Waals surface area contributed by atoms with Gasteiger partial charge >= 0.3 is 0 Å². The standard InChI is InChI=1S/C16H13BrN2O2/c1-21-14-6-5-9(18)7-10(14)16(20)11-8-19-13-4-2-3-12(17)15(11)13/h2-8,19H,18H2,1H3. The van der Waals surface area contributed by atoms with Crippen molar-refractivity contribution in [3.05, 3.63) is 58.2 Å². The lowest BCUT2D eigenvalue weighted by molar-refractivity contribution is 0.103. The van der Waals surface area contributed by atoms with E-state index in [2.05, 4.69) is 20.9 Å². The second kappa shape index (κ2) is 5.26. The number of hydrogen-bond donors (Lipinski definition) is 2. The molecule has 0 saturated carbocycles. The fraction of sp³-hybridized carbons (Fsp3) is 0.0625. The van der Waals surface area contributed by atoms with Crippen LogP contribution in [0.4, 0.5) is 5.69 Å². The quantitative estimate of drug-likeness (QED) is 0.561. The molecule has 106 valence electrons. The highest BCUT2D eigenvalue weighted by Crippen LogP contribution is 2.31. The van der Waals surface area contributed by atoms with Crippen molar-refractivity contribution in [2.45, 2.75) is 0 Å². The van der Waals surface area contributed by atoms with Crippen LogP contribution in [0.3, 0.4) is 0 Å². The number of carbonyl (C=O) groups is 1. The molecule has 3 N–H and O–H groups in total. The summed E-state index contributed by atoms with van der Waals surface area (Å²) in [5, 5.41) is 0.854. The number of benzene rings is 2. The summed E-state index contributed by atoms with van der Waals surface area (Å²) in [6.45, 7) is 0. The molecule has 0 radical (unpaired) electrons. The molecule has 0 aliphatic rings. The van der Waals surface area contributed by atoms with Crippen LogP contribution in [0.25, 0.3) is 10.9 Å². The Morgan fingerprint density at radius 1 is 1.24 bits per heavy atom. The molecule has 3 rings (SSSR count). The highest BCUT2D eigenvalue weighted by atomic mass is 79.9. The fourth-order valence-electron chi connectivity index (χ4n) is 2.37. The van der Waals surface area contributed by atoms with Crippen molar-refractivity contribution in [3.8, 4) is 5.75 Å². The molecule has 0 saturated heterocycles. The summed E-state index contributed by atoms with van der Waals surface area (Å²) < 4.78 is 6.13. The average molecular weight is 345 g/mol. The van der Waals surface area contributed by atoms with E-state index in [0.29, 0.717) is 22.6 Å². The van der Waals surface area contributed by atoms with Crippen LogP contribution in [0.1, 0.15) is 15.9 Å². The Kier molecular flexibility index (Phi) is 3.43. The molecule has 4 nitrogen and oxygen atoms in total. The van der Waals surface area contributed by atoms with Gasteiger partial charge in [0.2, 0.25) is 0 Å². The lowest BCUT2D eigenvalue weighted by Crippen LogP contribution is -2.04. The molecule has 0 fully saturated rings. The molecule has 21 heavy (non-hydrogen) atoms. The summed E-state index contributed by atoms with van der Waals surface area (Å²) in [4.78, 5) is 15.9. The minimum absolute atomic E-state index is 0.127. The van der Waals surface area contributed by atoms with E-state index < -0.39 is 0 Å². The van der Waals surface area contributed by atoms with E-state index in [-0.39, 0.29) is 5.78 Å². The second-order valence-corrected chi connectivity index (χ2v) is 5.51. The van der Waals surface area contributed by atoms with Crippen LogP contribution in [-0.4, -0.2) is 17.9 Å². The molecule has 2 aromatic carbocycles. The number of carbonyl (C=O) groups excluding carboxylic acids is 1. The summed E-state index contributed by atoms with van der Waals surface area (Å²) in [5.41, 5.74) is 8.25. The van der Waals surface area contributed by atoms with E-state index in [4.69, 9.17) is 10.5 Å². The number of ketones is 1. The molecule has 5 heteroatoms. The molecule has 0 spiro atoms. The number of nitrogens with two attached hydrogens (primary N) is 1. The second-order valence-electron chi connectivity index (χ2n) is 4.65. The third kappa shape index (κ3) is 2.29. The molecule has 0 atom stereocenters. The van der Waals surface area contributed by atoms with Crippen molar-refractivity contribution in [1.82, 2.24) is 4.98 Å². The van der Waals surface area contributed by atoms with Gasteiger partial charge in [-0.15, -0.1) is 0 Å². The Morgan fingerprint density at radius 2 is 2.05 bits per heavy atom. The van der Waals surface area contributed by atoms with Gasteiger partial charge in [0.25, 0.3) is 0 Å². The van der Waals surface area contributed by atoms with E-state index in [1.54, 1.807) is 24.4 Å². The molecule has 0 aliphatic carbocycles. The summed E-state index contributed by atoms with van der Waals surface area (Å²) >= 11 is 3.49. The average Bonchev–Trinajstić information content (AvgIpc) is 2.92. The van der Waals surface area contributed by atoms with Crippen molar-refractivity contribution in [2.75, 3.05) is 12.8 Å². The van der Waals surface area contributed by atoms with E-state index >= 15 is 0 Å². The highest BCUT2D eigenvalue weighted by molar-refractivity contribution is 9.10. The number of H-pyrrole nitrogens is 1. The van der Waals surface area contributed by atoms with Crippen LogP contribution >= 0.6 is 15.9 Å². The van der Waals surface area contributed by atoms with Crippen LogP contribution in [-0.2, 0) is 0 Å². The first-order chi connectivity index (χ1) is 10.1. The zero-order chi connectivity index (χ0) is 15.0. The zero-order valence-electron chi connectivity index (χ0n) is 11.3. The van der Waals surface area contributed by atoms with Gasteiger partial charge in [-0.1, -0.05) is 22.0 Å². The van der Waals surface area contributed by atoms with Crippen molar-refractivity contribution < 1.29 is 9.53 Å². The van der Waals surface area contributed by atoms with Gasteiger partial charge in [0.1, 0.15) is 5.75 Å². The number of nitrogens with one attached hydrogen (secondary N) is 1. The van der Waals surface area contributed by atoms with Gasteiger partial charge in [0.05, 0.1) is 12.7 Å². The summed E-state index contributed by atoms with van der Waals surface area (Å²) in [6.07, 6.45) is 1.71. The van der Waals surface area contributed by atoms with Gasteiger partial charge in [0, 0.05) is 32.8 Å². The maximum atomic E-state index is 12.8. The number of aromatic amines is 1. The third-order valence-corrected chi connectivity index (χ3v) is 4.03. The van der Waals surface area contributed by atoms with Gasteiger partial charge in [-0.2, -0.15) is 0 Å². The molecule has 0 unspecified atom stereocenters. The largest absolute Gasteiger partial charge is 0.496 e. The van der Waals surface area contributed by atoms with Gasteiger partial charge < -0.3 is 15.5 Å². The summed E-state index contributed by atoms with van der Waals surface area (Å²) in [5.74, 6) is 0.382. The number of aromatic nitrogens is 1. The predicted octanol–water partition coefficient (Wildman–Crippen LogP) is 3.75. The molecule has 1 heterocycles. The maximum absolute atomic E-state index is 12.8. The SMILES string of the molecule is COc1ccc(N)cc1C(=O)c1c[nH]c2cccc(Br)c12. The molecular weight excluding hydrogens is 332 g/mol. The first-order valence-electron chi connectivity index (χ1n) is 6.35. The minimum Gasteiger partial charge on any atom is -0.496 e. The number of hydrogen-bond acceptors (Lipinski definition) is 3. The fourth-order valence-corrected chi connectivity index (χ4v) is 2.95. The van der Waals surface area contributed by atoms with Gasteiger partial charge in [-0.25, -0.2) is 0 Å². The Bertz CT molecular complexity index is 839. The highest BCUT2D eigenvalue weighted by Gasteiger charge is 2.19. The first kappa shape index (κ1) is 13.7. The Labute approximate surface area is 130 Å². The van der Waals surface area contributed by atoms with Crippen LogP contribution in [0, 0.1) is 0 Å². The molecule has 0 aliphatic heterocycles. The predicted molar refractivity (Wildman–Crippen MR) is 86.8 cm³/mol. The lowest BCUT2D eigenvalue weighted by atomic mass is 10.0. The Hall–Kier alpha value is -2.27. The summed E-state index contributed by atoms with van der Waals surface area (Å²) in [6, 6.07) is 10.8. The zero-order valence-corrected chi connectivity index (χ0v) is 12.9. The van der Waals surface area contributed by atoms with Crippen molar-refractivity contribution >= 4 is 38.3 Å². The van der Waals surface area contributed by atoms with Gasteiger partial charge in [0.15, 0.2) is 5.78 Å². The van der Waals surface area contributed by atoms with Gasteiger partial charge in [-0.05, 0) is 30.3 Å². The third-order valence-electron chi connectivity index (χ3n) is 3.37. The van der Waals surface area contributed by atoms with Crippen LogP contribution < -0.4 is 10.5 Å². The topological polar surface area (TPSA) is 68.1 Å². The summed E-state index contributed by atoms with van der Waals surface area (Å²) in [7, 11) is 1.54. The van der Waals surface area contributed by atoms with E-state index in [0.717, 1.165) is 15.4 Å². The number of nitrogen functional groups attached to an aromatic ring is 1. The molecule has 0 amide bonds. The Morgan fingerprint density at radius 3 is 2.81 bits per heavy atom. The minimum atomic E-state index is -0.127. The van der Waals surface area contributed by atoms with E-state index in [1.807, 2.05) is 18.2 Å². The smallest absolute Gasteiger partial charge is 0.199 e. The molecule has 0 bridgehead atoms.